The highest BCUT2D eigenvalue weighted by Gasteiger charge is 2.13. The Bertz CT molecular complexity index is 835. The molecule has 0 fully saturated rings. The van der Waals surface area contributed by atoms with Crippen molar-refractivity contribution in [2.45, 2.75) is 13.8 Å². The van der Waals surface area contributed by atoms with E-state index in [0.29, 0.717) is 0 Å². The molecule has 0 saturated heterocycles. The number of aliphatic hydroxyl groups excluding tert-OH is 2. The smallest absolute Gasteiger partial charge is 0.0504 e. The molecule has 0 heterocycles. The molecule has 0 atom stereocenters. The highest BCUT2D eigenvalue weighted by Crippen LogP contribution is 2.10. The van der Waals surface area contributed by atoms with Gasteiger partial charge in [0.25, 0.3) is 0 Å². The molecule has 0 amide bonds. The minimum absolute atomic E-state index is 0.0451. The molecule has 0 radical (unpaired) electrons. The second-order valence-electron chi connectivity index (χ2n) is 8.19. The topological polar surface area (TPSA) is 40.5 Å². The summed E-state index contributed by atoms with van der Waals surface area (Å²) in [6, 6.07) is 42.3. The Kier molecular flexibility index (Phi) is 12.6. The summed E-state index contributed by atoms with van der Waals surface area (Å²) < 4.78 is 0. The minimum atomic E-state index is -0.306. The molecule has 0 bridgehead atoms. The van der Waals surface area contributed by atoms with E-state index in [9.17, 15) is 0 Å². The molecule has 33 heavy (non-hydrogen) atoms. The maximum atomic E-state index is 8.43. The average Bonchev–Trinajstić information content (AvgIpc) is 2.87. The molecule has 2 nitrogen and oxygen atoms in total. The van der Waals surface area contributed by atoms with E-state index in [0.717, 1.165) is 17.2 Å². The van der Waals surface area contributed by atoms with Gasteiger partial charge in [-0.2, -0.15) is 0 Å². The summed E-state index contributed by atoms with van der Waals surface area (Å²) in [6.45, 7) is 3.69. The lowest BCUT2D eigenvalue weighted by Crippen LogP contribution is -2.20. The first-order chi connectivity index (χ1) is 16.0. The third-order valence-electron chi connectivity index (χ3n) is 4.53. The van der Waals surface area contributed by atoms with Crippen LogP contribution in [0.15, 0.2) is 121 Å². The Hall–Kier alpha value is -2.34. The fourth-order valence-electron chi connectivity index (χ4n) is 2.47. The van der Waals surface area contributed by atoms with E-state index >= 15 is 0 Å². The zero-order valence-electron chi connectivity index (χ0n) is 19.4. The lowest BCUT2D eigenvalue weighted by Gasteiger charge is -2.16. The van der Waals surface area contributed by atoms with Gasteiger partial charge >= 0.3 is 0 Å². The van der Waals surface area contributed by atoms with Gasteiger partial charge in [-0.25, -0.2) is 0 Å². The van der Waals surface area contributed by atoms with Crippen molar-refractivity contribution in [2.24, 2.45) is 5.41 Å². The summed E-state index contributed by atoms with van der Waals surface area (Å²) in [5.74, 6) is 0. The van der Waals surface area contributed by atoms with Gasteiger partial charge in [-0.3, -0.25) is 0 Å². The van der Waals surface area contributed by atoms with Crippen molar-refractivity contribution in [1.82, 2.24) is 0 Å². The summed E-state index contributed by atoms with van der Waals surface area (Å²) in [4.78, 5) is 0. The van der Waals surface area contributed by atoms with Crippen LogP contribution in [0, 0.1) is 5.41 Å². The molecule has 4 rings (SSSR count). The van der Waals surface area contributed by atoms with Gasteiger partial charge in [0.15, 0.2) is 0 Å². The van der Waals surface area contributed by atoms with Crippen LogP contribution in [-0.2, 0) is 0 Å². The summed E-state index contributed by atoms with van der Waals surface area (Å²) in [6.07, 6.45) is 0. The van der Waals surface area contributed by atoms with Gasteiger partial charge in [-0.15, -0.1) is 0 Å². The third kappa shape index (κ3) is 11.9. The highest BCUT2D eigenvalue weighted by atomic mass is 31.1. The van der Waals surface area contributed by atoms with Crippen LogP contribution in [-0.4, -0.2) is 23.4 Å². The maximum absolute atomic E-state index is 8.43. The van der Waals surface area contributed by atoms with Crippen LogP contribution in [0.3, 0.4) is 0 Å². The Morgan fingerprint density at radius 3 is 0.818 bits per heavy atom. The minimum Gasteiger partial charge on any atom is -0.396 e. The number of hydrogen-bond donors (Lipinski definition) is 2. The second kappa shape index (κ2) is 15.5. The van der Waals surface area contributed by atoms with Crippen molar-refractivity contribution in [2.75, 3.05) is 13.2 Å². The molecule has 0 spiro atoms. The van der Waals surface area contributed by atoms with E-state index in [4.69, 9.17) is 10.2 Å². The number of rotatable bonds is 6. The Balaban J connectivity index is 0.000000185. The van der Waals surface area contributed by atoms with Gasteiger partial charge in [-0.1, -0.05) is 152 Å². The molecule has 2 N–H and O–H groups in total. The van der Waals surface area contributed by atoms with Crippen molar-refractivity contribution in [3.05, 3.63) is 121 Å². The van der Waals surface area contributed by atoms with Crippen LogP contribution < -0.4 is 21.2 Å². The van der Waals surface area contributed by atoms with Crippen molar-refractivity contribution in [3.8, 4) is 0 Å². The molecule has 4 aromatic rings. The highest BCUT2D eigenvalue weighted by molar-refractivity contribution is 7.55. The normalized spacial score (nSPS) is 10.3. The van der Waals surface area contributed by atoms with Crippen LogP contribution >= 0.6 is 17.2 Å². The molecule has 0 aliphatic heterocycles. The van der Waals surface area contributed by atoms with Crippen LogP contribution in [0.2, 0.25) is 0 Å². The first kappa shape index (κ1) is 26.9. The summed E-state index contributed by atoms with van der Waals surface area (Å²) in [5.41, 5.74) is -0.306. The van der Waals surface area contributed by atoms with Crippen molar-refractivity contribution < 1.29 is 10.2 Å². The van der Waals surface area contributed by atoms with Gasteiger partial charge in [-0.05, 0) is 21.2 Å². The molecule has 4 heteroatoms. The van der Waals surface area contributed by atoms with E-state index in [1.807, 2.05) is 0 Å². The maximum Gasteiger partial charge on any atom is 0.0504 e. The Labute approximate surface area is 202 Å². The van der Waals surface area contributed by atoms with Crippen LogP contribution in [0.5, 0.6) is 0 Å². The first-order valence-corrected chi connectivity index (χ1v) is 13.0. The quantitative estimate of drug-likeness (QED) is 0.399. The SMILES string of the molecule is CC(C)(CO)CO.c1ccc(Pc2ccccc2)cc1.c1ccc(Pc2ccccc2)cc1. The first-order valence-electron chi connectivity index (χ1n) is 11.0. The predicted molar refractivity (Wildman–Crippen MR) is 149 cm³/mol. The Morgan fingerprint density at radius 1 is 0.455 bits per heavy atom. The second-order valence-corrected chi connectivity index (χ2v) is 11.0. The van der Waals surface area contributed by atoms with Crippen molar-refractivity contribution >= 4 is 38.4 Å². The van der Waals surface area contributed by atoms with Crippen molar-refractivity contribution in [3.63, 3.8) is 0 Å². The van der Waals surface area contributed by atoms with Gasteiger partial charge in [0, 0.05) is 5.41 Å². The zero-order chi connectivity index (χ0) is 23.8. The Morgan fingerprint density at radius 2 is 0.667 bits per heavy atom. The van der Waals surface area contributed by atoms with E-state index in [1.54, 1.807) is 13.8 Å². The molecule has 172 valence electrons. The fraction of sp³-hybridized carbons (Fsp3) is 0.172. The van der Waals surface area contributed by atoms with Crippen LogP contribution in [0.25, 0.3) is 0 Å². The van der Waals surface area contributed by atoms with Gasteiger partial charge in [0.1, 0.15) is 0 Å². The molecule has 0 aromatic heterocycles. The van der Waals surface area contributed by atoms with Gasteiger partial charge in [0.05, 0.1) is 13.2 Å². The standard InChI is InChI=1S/2C12H11P.C5H12O2/c2*1-3-7-11(8-4-1)13-12-9-5-2-6-10-12;1-5(2,3-6)4-7/h2*1-10,13H;6-7H,3-4H2,1-2H3. The summed E-state index contributed by atoms with van der Waals surface area (Å²) in [5, 5.41) is 22.5. The summed E-state index contributed by atoms with van der Waals surface area (Å²) >= 11 is 0. The molecule has 4 aromatic carbocycles. The van der Waals surface area contributed by atoms with Gasteiger partial charge < -0.3 is 10.2 Å². The van der Waals surface area contributed by atoms with Crippen molar-refractivity contribution in [1.29, 1.82) is 0 Å². The molecular formula is C29H34O2P2. The lowest BCUT2D eigenvalue weighted by molar-refractivity contribution is 0.0857. The zero-order valence-corrected chi connectivity index (χ0v) is 21.4. The molecule has 0 aliphatic carbocycles. The van der Waals surface area contributed by atoms with Crippen LogP contribution in [0.4, 0.5) is 0 Å². The van der Waals surface area contributed by atoms with E-state index < -0.39 is 0 Å². The molecular weight excluding hydrogens is 442 g/mol. The largest absolute Gasteiger partial charge is 0.396 e. The lowest BCUT2D eigenvalue weighted by atomic mass is 9.97. The number of benzene rings is 4. The average molecular weight is 477 g/mol. The molecule has 0 saturated carbocycles. The van der Waals surface area contributed by atoms with E-state index in [-0.39, 0.29) is 18.6 Å². The van der Waals surface area contributed by atoms with Crippen LogP contribution in [0.1, 0.15) is 13.8 Å². The monoisotopic (exact) mass is 476 g/mol. The number of aliphatic hydroxyl groups is 2. The third-order valence-corrected chi connectivity index (χ3v) is 7.02. The molecule has 0 aliphatic rings. The predicted octanol–water partition coefficient (Wildman–Crippen LogP) is 4.63. The summed E-state index contributed by atoms with van der Waals surface area (Å²) in [7, 11) is 1.55. The van der Waals surface area contributed by atoms with E-state index in [2.05, 4.69) is 121 Å². The fourth-order valence-corrected chi connectivity index (χ4v) is 4.57. The number of hydrogen-bond acceptors (Lipinski definition) is 2. The van der Waals surface area contributed by atoms with Gasteiger partial charge in [0.2, 0.25) is 0 Å². The van der Waals surface area contributed by atoms with E-state index in [1.165, 1.54) is 21.2 Å². The molecule has 0 unspecified atom stereocenters.